The molecule has 0 aliphatic rings. The molecule has 1 N–H and O–H groups in total. The van der Waals surface area contributed by atoms with Crippen LogP contribution >= 0.6 is 11.6 Å². The van der Waals surface area contributed by atoms with Crippen molar-refractivity contribution in [1.29, 1.82) is 10.5 Å². The summed E-state index contributed by atoms with van der Waals surface area (Å²) in [6.07, 6.45) is -4.49. The van der Waals surface area contributed by atoms with E-state index in [0.29, 0.717) is 0 Å². The highest BCUT2D eigenvalue weighted by Gasteiger charge is 2.30. The summed E-state index contributed by atoms with van der Waals surface area (Å²) in [5.41, 5.74) is 0.933. The summed E-state index contributed by atoms with van der Waals surface area (Å²) in [5, 5.41) is 19.9. The van der Waals surface area contributed by atoms with Gasteiger partial charge >= 0.3 is 6.18 Å². The first-order valence-corrected chi connectivity index (χ1v) is 4.77. The Hall–Kier alpha value is -2.25. The number of hydrogen-bond acceptors (Lipinski definition) is 4. The first kappa shape index (κ1) is 13.8. The van der Waals surface area contributed by atoms with Crippen LogP contribution in [-0.4, -0.2) is 5.71 Å². The number of benzene rings is 1. The molecule has 1 aromatic rings. The second-order valence-corrected chi connectivity index (χ2v) is 3.40. The van der Waals surface area contributed by atoms with Crippen molar-refractivity contribution in [2.75, 3.05) is 5.43 Å². The maximum atomic E-state index is 12.3. The summed E-state index contributed by atoms with van der Waals surface area (Å²) in [7, 11) is 0. The molecule has 0 radical (unpaired) electrons. The van der Waals surface area contributed by atoms with Crippen molar-refractivity contribution < 1.29 is 13.2 Å². The number of halogens is 4. The van der Waals surface area contributed by atoms with Gasteiger partial charge in [0.25, 0.3) is 0 Å². The molecule has 0 heterocycles. The van der Waals surface area contributed by atoms with E-state index in [4.69, 9.17) is 22.1 Å². The quantitative estimate of drug-likeness (QED) is 0.664. The van der Waals surface area contributed by atoms with Crippen molar-refractivity contribution in [2.24, 2.45) is 5.10 Å². The molecule has 0 saturated heterocycles. The first-order chi connectivity index (χ1) is 8.38. The predicted molar refractivity (Wildman–Crippen MR) is 58.7 cm³/mol. The van der Waals surface area contributed by atoms with Crippen molar-refractivity contribution >= 4 is 23.0 Å². The number of alkyl halides is 3. The van der Waals surface area contributed by atoms with Crippen molar-refractivity contribution in [3.05, 3.63) is 28.8 Å². The third-order valence-electron chi connectivity index (χ3n) is 1.80. The van der Waals surface area contributed by atoms with Gasteiger partial charge in [0.1, 0.15) is 12.1 Å². The van der Waals surface area contributed by atoms with Gasteiger partial charge in [0.15, 0.2) is 0 Å². The second-order valence-electron chi connectivity index (χ2n) is 2.99. The van der Waals surface area contributed by atoms with Crippen LogP contribution in [0.5, 0.6) is 0 Å². The summed E-state index contributed by atoms with van der Waals surface area (Å²) in [6, 6.07) is 5.55. The third-order valence-corrected chi connectivity index (χ3v) is 2.11. The fourth-order valence-electron chi connectivity index (χ4n) is 0.973. The molecule has 8 heteroatoms. The van der Waals surface area contributed by atoms with Crippen molar-refractivity contribution in [2.45, 2.75) is 6.18 Å². The predicted octanol–water partition coefficient (Wildman–Crippen LogP) is 3.17. The monoisotopic (exact) mass is 272 g/mol. The van der Waals surface area contributed by atoms with Gasteiger partial charge in [-0.05, 0) is 18.2 Å². The Balaban J connectivity index is 2.99. The van der Waals surface area contributed by atoms with Gasteiger partial charge in [-0.2, -0.15) is 28.8 Å². The topological polar surface area (TPSA) is 72.0 Å². The van der Waals surface area contributed by atoms with Gasteiger partial charge in [0.05, 0.1) is 16.3 Å². The highest BCUT2D eigenvalue weighted by molar-refractivity contribution is 6.33. The highest BCUT2D eigenvalue weighted by atomic mass is 35.5. The fraction of sp³-hybridized carbons (Fsp3) is 0.100. The lowest BCUT2D eigenvalue weighted by Crippen LogP contribution is -2.05. The van der Waals surface area contributed by atoms with E-state index in [0.717, 1.165) is 18.2 Å². The van der Waals surface area contributed by atoms with E-state index in [-0.39, 0.29) is 10.7 Å². The van der Waals surface area contributed by atoms with Crippen LogP contribution < -0.4 is 5.43 Å². The SMILES string of the molecule is N#CC(C#N)=NNc1ccc(C(F)(F)F)cc1Cl. The molecule has 92 valence electrons. The maximum absolute atomic E-state index is 12.3. The molecular formula is C10H4ClF3N4. The number of anilines is 1. The Morgan fingerprint density at radius 1 is 1.28 bits per heavy atom. The largest absolute Gasteiger partial charge is 0.416 e. The first-order valence-electron chi connectivity index (χ1n) is 4.39. The molecule has 0 bridgehead atoms. The normalized spacial score (nSPS) is 10.1. The molecule has 18 heavy (non-hydrogen) atoms. The van der Waals surface area contributed by atoms with E-state index in [1.165, 1.54) is 12.1 Å². The zero-order chi connectivity index (χ0) is 13.8. The lowest BCUT2D eigenvalue weighted by Gasteiger charge is -2.09. The summed E-state index contributed by atoms with van der Waals surface area (Å²) < 4.78 is 37.0. The van der Waals surface area contributed by atoms with Crippen molar-refractivity contribution in [3.8, 4) is 12.1 Å². The number of hydrazone groups is 1. The fourth-order valence-corrected chi connectivity index (χ4v) is 1.20. The molecule has 0 spiro atoms. The number of nitrogens with zero attached hydrogens (tertiary/aromatic N) is 3. The number of nitriles is 2. The minimum absolute atomic E-state index is 0.0627. The summed E-state index contributed by atoms with van der Waals surface area (Å²) in [6.45, 7) is 0. The molecule has 0 aromatic heterocycles. The Kier molecular flexibility index (Phi) is 4.13. The molecule has 0 amide bonds. The molecule has 0 unspecified atom stereocenters. The van der Waals surface area contributed by atoms with Crippen molar-refractivity contribution in [1.82, 2.24) is 0 Å². The van der Waals surface area contributed by atoms with Crippen LogP contribution in [0.1, 0.15) is 5.56 Å². The van der Waals surface area contributed by atoms with Gasteiger partial charge in [-0.1, -0.05) is 11.6 Å². The molecule has 0 aliphatic carbocycles. The Morgan fingerprint density at radius 2 is 1.89 bits per heavy atom. The van der Waals surface area contributed by atoms with E-state index in [9.17, 15) is 13.2 Å². The van der Waals surface area contributed by atoms with E-state index in [1.54, 1.807) is 0 Å². The molecule has 4 nitrogen and oxygen atoms in total. The van der Waals surface area contributed by atoms with Crippen LogP contribution in [0, 0.1) is 22.7 Å². The molecule has 1 aromatic carbocycles. The minimum atomic E-state index is -4.49. The molecular weight excluding hydrogens is 269 g/mol. The van der Waals surface area contributed by atoms with Gasteiger partial charge in [-0.15, -0.1) is 0 Å². The molecule has 0 fully saturated rings. The molecule has 0 aliphatic heterocycles. The molecule has 1 rings (SSSR count). The van der Waals surface area contributed by atoms with Crippen LogP contribution in [0.25, 0.3) is 0 Å². The maximum Gasteiger partial charge on any atom is 0.416 e. The second kappa shape index (κ2) is 5.39. The minimum Gasteiger partial charge on any atom is -0.275 e. The summed E-state index contributed by atoms with van der Waals surface area (Å²) in [4.78, 5) is 0. The Bertz CT molecular complexity index is 550. The lowest BCUT2D eigenvalue weighted by molar-refractivity contribution is -0.137. The van der Waals surface area contributed by atoms with Crippen LogP contribution in [0.2, 0.25) is 5.02 Å². The smallest absolute Gasteiger partial charge is 0.275 e. The zero-order valence-corrected chi connectivity index (χ0v) is 9.34. The van der Waals surface area contributed by atoms with E-state index in [2.05, 4.69) is 10.5 Å². The van der Waals surface area contributed by atoms with Gasteiger partial charge in [0.2, 0.25) is 5.71 Å². The van der Waals surface area contributed by atoms with Crippen LogP contribution in [-0.2, 0) is 6.18 Å². The number of hydrogen-bond donors (Lipinski definition) is 1. The van der Waals surface area contributed by atoms with E-state index in [1.807, 2.05) is 0 Å². The van der Waals surface area contributed by atoms with Gasteiger partial charge in [-0.3, -0.25) is 5.43 Å². The Labute approximate surface area is 105 Å². The van der Waals surface area contributed by atoms with Crippen LogP contribution in [0.4, 0.5) is 18.9 Å². The highest BCUT2D eigenvalue weighted by Crippen LogP contribution is 2.33. The number of rotatable bonds is 2. The van der Waals surface area contributed by atoms with Crippen molar-refractivity contribution in [3.63, 3.8) is 0 Å². The number of nitrogens with one attached hydrogen (secondary N) is 1. The summed E-state index contributed by atoms with van der Waals surface area (Å²) in [5.74, 6) is 0. The van der Waals surface area contributed by atoms with Gasteiger partial charge in [-0.25, -0.2) is 0 Å². The van der Waals surface area contributed by atoms with E-state index >= 15 is 0 Å². The third kappa shape index (κ3) is 3.37. The van der Waals surface area contributed by atoms with Gasteiger partial charge in [0, 0.05) is 0 Å². The molecule has 0 saturated carbocycles. The zero-order valence-electron chi connectivity index (χ0n) is 8.59. The van der Waals surface area contributed by atoms with Gasteiger partial charge < -0.3 is 0 Å². The van der Waals surface area contributed by atoms with Crippen LogP contribution in [0.15, 0.2) is 23.3 Å². The van der Waals surface area contributed by atoms with Crippen LogP contribution in [0.3, 0.4) is 0 Å². The lowest BCUT2D eigenvalue weighted by atomic mass is 10.2. The van der Waals surface area contributed by atoms with E-state index < -0.39 is 17.5 Å². The average Bonchev–Trinajstić information content (AvgIpc) is 2.30. The summed E-state index contributed by atoms with van der Waals surface area (Å²) >= 11 is 5.61. The Morgan fingerprint density at radius 3 is 2.33 bits per heavy atom. The molecule has 0 atom stereocenters. The standard InChI is InChI=1S/C10H4ClF3N4/c11-8-3-6(10(12,13)14)1-2-9(8)18-17-7(4-15)5-16/h1-3,18H. The average molecular weight is 273 g/mol.